The summed E-state index contributed by atoms with van der Waals surface area (Å²) in [6.07, 6.45) is 1.12. The molecule has 1 aliphatic carbocycles. The Kier molecular flexibility index (Phi) is 6.61. The first-order chi connectivity index (χ1) is 13.4. The van der Waals surface area contributed by atoms with Crippen molar-refractivity contribution in [2.75, 3.05) is 11.9 Å². The topological polar surface area (TPSA) is 83.3 Å². The molecular formula is C18H22F3N5OS. The Labute approximate surface area is 165 Å². The van der Waals surface area contributed by atoms with Gasteiger partial charge in [-0.05, 0) is 32.1 Å². The van der Waals surface area contributed by atoms with E-state index in [0.29, 0.717) is 49.6 Å². The van der Waals surface area contributed by atoms with Gasteiger partial charge >= 0.3 is 6.18 Å². The Balaban J connectivity index is 1.93. The maximum Gasteiger partial charge on any atom is 0.434 e. The Hall–Kier alpha value is -2.07. The van der Waals surface area contributed by atoms with Crippen LogP contribution in [0.2, 0.25) is 0 Å². The molecule has 3 rings (SSSR count). The average Bonchev–Trinajstić information content (AvgIpc) is 3.14. The molecule has 2 heterocycles. The molecule has 0 radical (unpaired) electrons. The fraction of sp³-hybridized carbons (Fsp3) is 0.556. The second-order valence-electron chi connectivity index (χ2n) is 6.66. The molecule has 6 nitrogen and oxygen atoms in total. The highest BCUT2D eigenvalue weighted by molar-refractivity contribution is 7.13. The average molecular weight is 413 g/mol. The van der Waals surface area contributed by atoms with E-state index in [-0.39, 0.29) is 11.1 Å². The fourth-order valence-corrected chi connectivity index (χ4v) is 3.63. The van der Waals surface area contributed by atoms with Gasteiger partial charge in [0.15, 0.2) is 11.5 Å². The van der Waals surface area contributed by atoms with E-state index in [4.69, 9.17) is 0 Å². The van der Waals surface area contributed by atoms with Crippen molar-refractivity contribution in [2.24, 2.45) is 4.99 Å². The molecule has 0 aliphatic heterocycles. The van der Waals surface area contributed by atoms with Gasteiger partial charge in [-0.25, -0.2) is 15.0 Å². The number of nitrogens with one attached hydrogen (secondary N) is 1. The van der Waals surface area contributed by atoms with E-state index in [1.165, 1.54) is 6.20 Å². The third-order valence-electron chi connectivity index (χ3n) is 4.40. The number of aromatic nitrogens is 3. The van der Waals surface area contributed by atoms with E-state index in [1.807, 2.05) is 0 Å². The van der Waals surface area contributed by atoms with Crippen LogP contribution >= 0.6 is 11.3 Å². The first-order valence-electron chi connectivity index (χ1n) is 9.25. The predicted octanol–water partition coefficient (Wildman–Crippen LogP) is 4.84. The summed E-state index contributed by atoms with van der Waals surface area (Å²) in [4.78, 5) is 16.9. The first-order valence-corrected chi connectivity index (χ1v) is 10.1. The molecule has 0 saturated heterocycles. The van der Waals surface area contributed by atoms with Gasteiger partial charge in [-0.3, -0.25) is 0 Å². The number of thiazole rings is 1. The molecule has 0 atom stereocenters. The van der Waals surface area contributed by atoms with Gasteiger partial charge in [0.25, 0.3) is 0 Å². The minimum absolute atomic E-state index is 0.183. The van der Waals surface area contributed by atoms with Crippen molar-refractivity contribution in [3.8, 4) is 10.6 Å². The van der Waals surface area contributed by atoms with Crippen molar-refractivity contribution in [1.82, 2.24) is 15.0 Å². The summed E-state index contributed by atoms with van der Waals surface area (Å²) in [5.41, 5.74) is 0.314. The van der Waals surface area contributed by atoms with Crippen LogP contribution < -0.4 is 5.32 Å². The van der Waals surface area contributed by atoms with Gasteiger partial charge in [0.1, 0.15) is 5.01 Å². The Bertz CT molecular complexity index is 827. The molecule has 0 amide bonds. The van der Waals surface area contributed by atoms with Crippen LogP contribution in [0.4, 0.5) is 24.9 Å². The number of anilines is 1. The first kappa shape index (κ1) is 20.7. The molecule has 1 aliphatic rings. The van der Waals surface area contributed by atoms with Crippen molar-refractivity contribution >= 4 is 28.8 Å². The standard InChI is InChI=1S/C18H22F3N5OS/c1-2-3-8-22-17-23-9-13(16-25-14(10-28-16)18(19,20)21)15(26-17)24-11-4-6-12(27)7-5-11/h9-10,12,27H,2-8H2,1H3,(H,22,23,26). The van der Waals surface area contributed by atoms with Crippen LogP contribution in [0.25, 0.3) is 10.6 Å². The van der Waals surface area contributed by atoms with Crippen LogP contribution in [-0.2, 0) is 6.18 Å². The predicted molar refractivity (Wildman–Crippen MR) is 103 cm³/mol. The minimum atomic E-state index is -4.50. The summed E-state index contributed by atoms with van der Waals surface area (Å²) in [7, 11) is 0. The van der Waals surface area contributed by atoms with Crippen LogP contribution in [0, 0.1) is 0 Å². The number of halogens is 3. The van der Waals surface area contributed by atoms with E-state index in [2.05, 4.69) is 32.2 Å². The summed E-state index contributed by atoms with van der Waals surface area (Å²) >= 11 is 0.893. The van der Waals surface area contributed by atoms with Gasteiger partial charge in [-0.1, -0.05) is 13.3 Å². The van der Waals surface area contributed by atoms with Gasteiger partial charge in [-0.2, -0.15) is 18.2 Å². The summed E-state index contributed by atoms with van der Waals surface area (Å²) in [5, 5.41) is 13.9. The third kappa shape index (κ3) is 5.26. The highest BCUT2D eigenvalue weighted by Gasteiger charge is 2.34. The number of alkyl halides is 3. The minimum Gasteiger partial charge on any atom is -0.393 e. The molecule has 28 heavy (non-hydrogen) atoms. The van der Waals surface area contributed by atoms with Crippen LogP contribution in [-0.4, -0.2) is 38.4 Å². The van der Waals surface area contributed by atoms with E-state index >= 15 is 0 Å². The highest BCUT2D eigenvalue weighted by Crippen LogP contribution is 2.37. The Morgan fingerprint density at radius 3 is 2.68 bits per heavy atom. The van der Waals surface area contributed by atoms with Gasteiger partial charge in [-0.15, -0.1) is 11.3 Å². The Morgan fingerprint density at radius 1 is 1.29 bits per heavy atom. The number of aliphatic hydroxyl groups excluding tert-OH is 1. The van der Waals surface area contributed by atoms with E-state index in [1.54, 1.807) is 0 Å². The SMILES string of the molecule is CCCCNc1ncc(-c2nc(C(F)(F)F)cs2)c(N=C2CCC(O)CC2)n1. The quantitative estimate of drug-likeness (QED) is 0.662. The third-order valence-corrected chi connectivity index (χ3v) is 5.28. The molecule has 0 aromatic carbocycles. The second kappa shape index (κ2) is 8.95. The van der Waals surface area contributed by atoms with Gasteiger partial charge < -0.3 is 10.4 Å². The van der Waals surface area contributed by atoms with Crippen LogP contribution in [0.15, 0.2) is 16.6 Å². The number of rotatable bonds is 6. The zero-order valence-corrected chi connectivity index (χ0v) is 16.3. The van der Waals surface area contributed by atoms with Crippen molar-refractivity contribution in [1.29, 1.82) is 0 Å². The normalized spacial score (nSPS) is 17.6. The lowest BCUT2D eigenvalue weighted by Gasteiger charge is -2.18. The summed E-state index contributed by atoms with van der Waals surface area (Å²) in [5.74, 6) is 0.698. The summed E-state index contributed by atoms with van der Waals surface area (Å²) in [6, 6.07) is 0. The summed E-state index contributed by atoms with van der Waals surface area (Å²) < 4.78 is 38.7. The van der Waals surface area contributed by atoms with Crippen molar-refractivity contribution in [3.63, 3.8) is 0 Å². The zero-order valence-electron chi connectivity index (χ0n) is 15.5. The lowest BCUT2D eigenvalue weighted by atomic mass is 9.96. The maximum atomic E-state index is 12.9. The van der Waals surface area contributed by atoms with E-state index in [0.717, 1.165) is 35.3 Å². The fourth-order valence-electron chi connectivity index (χ4n) is 2.80. The van der Waals surface area contributed by atoms with Crippen LogP contribution in [0.1, 0.15) is 51.1 Å². The molecule has 1 saturated carbocycles. The molecule has 0 bridgehead atoms. The number of aliphatic imine (C=N–C) groups is 1. The number of hydrogen-bond acceptors (Lipinski definition) is 7. The molecule has 2 aromatic heterocycles. The van der Waals surface area contributed by atoms with Gasteiger partial charge in [0, 0.05) is 23.8 Å². The lowest BCUT2D eigenvalue weighted by Crippen LogP contribution is -2.17. The maximum absolute atomic E-state index is 12.9. The second-order valence-corrected chi connectivity index (χ2v) is 7.51. The molecule has 10 heteroatoms. The highest BCUT2D eigenvalue weighted by atomic mass is 32.1. The van der Waals surface area contributed by atoms with E-state index in [9.17, 15) is 18.3 Å². The molecule has 2 N–H and O–H groups in total. The van der Waals surface area contributed by atoms with Crippen molar-refractivity contribution < 1.29 is 18.3 Å². The lowest BCUT2D eigenvalue weighted by molar-refractivity contribution is -0.140. The molecule has 1 fully saturated rings. The largest absolute Gasteiger partial charge is 0.434 e. The number of aliphatic hydroxyl groups is 1. The molecular weight excluding hydrogens is 391 g/mol. The van der Waals surface area contributed by atoms with Crippen molar-refractivity contribution in [3.05, 3.63) is 17.3 Å². The monoisotopic (exact) mass is 413 g/mol. The Morgan fingerprint density at radius 2 is 2.04 bits per heavy atom. The smallest absolute Gasteiger partial charge is 0.393 e. The number of nitrogens with zero attached hydrogens (tertiary/aromatic N) is 4. The van der Waals surface area contributed by atoms with Crippen LogP contribution in [0.3, 0.4) is 0 Å². The number of hydrogen-bond donors (Lipinski definition) is 2. The molecule has 0 spiro atoms. The molecule has 2 aromatic rings. The van der Waals surface area contributed by atoms with Crippen molar-refractivity contribution in [2.45, 2.75) is 57.7 Å². The van der Waals surface area contributed by atoms with Gasteiger partial charge in [0.05, 0.1) is 11.7 Å². The number of unbranched alkanes of at least 4 members (excludes halogenated alkanes) is 1. The zero-order chi connectivity index (χ0) is 20.1. The summed E-state index contributed by atoms with van der Waals surface area (Å²) in [6.45, 7) is 2.77. The molecule has 152 valence electrons. The van der Waals surface area contributed by atoms with E-state index < -0.39 is 11.9 Å². The van der Waals surface area contributed by atoms with Gasteiger partial charge in [0.2, 0.25) is 5.95 Å². The van der Waals surface area contributed by atoms with Crippen LogP contribution in [0.5, 0.6) is 0 Å². The molecule has 0 unspecified atom stereocenters.